The molecule has 19 heavy (non-hydrogen) atoms. The van der Waals surface area contributed by atoms with Crippen LogP contribution >= 0.6 is 0 Å². The van der Waals surface area contributed by atoms with Gasteiger partial charge in [-0.1, -0.05) is 18.2 Å². The number of nitrogens with one attached hydrogen (secondary N) is 1. The first-order valence-electron chi connectivity index (χ1n) is 5.71. The Hall–Kier alpha value is -2.76. The Morgan fingerprint density at radius 3 is 2.89 bits per heavy atom. The van der Waals surface area contributed by atoms with Crippen LogP contribution in [0.15, 0.2) is 30.5 Å². The minimum absolute atomic E-state index is 0.00423. The summed E-state index contributed by atoms with van der Waals surface area (Å²) in [7, 11) is 1.91. The van der Waals surface area contributed by atoms with Crippen molar-refractivity contribution in [3.63, 3.8) is 0 Å². The smallest absolute Gasteiger partial charge is 0.341 e. The van der Waals surface area contributed by atoms with Gasteiger partial charge in [-0.15, -0.1) is 0 Å². The Labute approximate surface area is 108 Å². The van der Waals surface area contributed by atoms with Gasteiger partial charge in [-0.3, -0.25) is 5.10 Å². The number of benzene rings is 1. The third-order valence-corrected chi connectivity index (χ3v) is 3.17. The number of nitrogens with zero attached hydrogens (tertiary/aromatic N) is 2. The van der Waals surface area contributed by atoms with Crippen molar-refractivity contribution < 1.29 is 9.90 Å². The summed E-state index contributed by atoms with van der Waals surface area (Å²) in [5, 5.41) is 16.7. The maximum atomic E-state index is 11.3. The van der Waals surface area contributed by atoms with E-state index in [2.05, 4.69) is 10.2 Å². The lowest BCUT2D eigenvalue weighted by atomic mass is 10.1. The Balaban J connectivity index is 2.34. The summed E-state index contributed by atoms with van der Waals surface area (Å²) >= 11 is 0. The molecule has 6 nitrogen and oxygen atoms in total. The third-order valence-electron chi connectivity index (χ3n) is 3.17. The van der Waals surface area contributed by atoms with E-state index in [4.69, 9.17) is 5.73 Å². The number of carboxylic acid groups (broad SMARTS) is 1. The number of nitrogens with two attached hydrogens (primary N) is 1. The Kier molecular flexibility index (Phi) is 2.31. The van der Waals surface area contributed by atoms with E-state index >= 15 is 0 Å². The first kappa shape index (κ1) is 11.3. The van der Waals surface area contributed by atoms with E-state index in [0.717, 1.165) is 16.5 Å². The van der Waals surface area contributed by atoms with Crippen molar-refractivity contribution in [2.75, 3.05) is 5.73 Å². The number of carboxylic acids is 1. The zero-order valence-corrected chi connectivity index (χ0v) is 10.2. The van der Waals surface area contributed by atoms with Crippen LogP contribution in [0.25, 0.3) is 22.2 Å². The lowest BCUT2D eigenvalue weighted by Crippen LogP contribution is -2.01. The molecule has 4 N–H and O–H groups in total. The molecule has 0 fully saturated rings. The molecule has 0 aliphatic rings. The molecule has 0 bridgehead atoms. The molecule has 2 aromatic heterocycles. The molecule has 96 valence electrons. The van der Waals surface area contributed by atoms with E-state index in [-0.39, 0.29) is 11.4 Å². The maximum Gasteiger partial charge on any atom is 0.341 e. The van der Waals surface area contributed by atoms with Crippen LogP contribution in [0.5, 0.6) is 0 Å². The van der Waals surface area contributed by atoms with Crippen LogP contribution < -0.4 is 5.73 Å². The number of carbonyl (C=O) groups is 1. The van der Waals surface area contributed by atoms with Crippen molar-refractivity contribution in [3.8, 4) is 11.3 Å². The molecule has 3 rings (SSSR count). The summed E-state index contributed by atoms with van der Waals surface area (Å²) in [6.07, 6.45) is 1.87. The third kappa shape index (κ3) is 1.57. The van der Waals surface area contributed by atoms with Crippen LogP contribution in [0.2, 0.25) is 0 Å². The van der Waals surface area contributed by atoms with Gasteiger partial charge in [0.2, 0.25) is 0 Å². The molecular weight excluding hydrogens is 244 g/mol. The van der Waals surface area contributed by atoms with Gasteiger partial charge in [0, 0.05) is 29.7 Å². The van der Waals surface area contributed by atoms with Crippen LogP contribution in [0.1, 0.15) is 10.4 Å². The quantitative estimate of drug-likeness (QED) is 0.651. The van der Waals surface area contributed by atoms with Crippen LogP contribution in [0.3, 0.4) is 0 Å². The van der Waals surface area contributed by atoms with E-state index in [0.29, 0.717) is 5.69 Å². The monoisotopic (exact) mass is 256 g/mol. The van der Waals surface area contributed by atoms with Crippen molar-refractivity contribution in [1.29, 1.82) is 0 Å². The maximum absolute atomic E-state index is 11.3. The van der Waals surface area contributed by atoms with Gasteiger partial charge >= 0.3 is 5.97 Å². The zero-order chi connectivity index (χ0) is 13.6. The van der Waals surface area contributed by atoms with Gasteiger partial charge in [-0.2, -0.15) is 5.10 Å². The number of aromatic amines is 1. The fraction of sp³-hybridized carbons (Fsp3) is 0.0769. The second-order valence-electron chi connectivity index (χ2n) is 4.33. The number of hydrogen-bond donors (Lipinski definition) is 3. The number of para-hydroxylation sites is 1. The summed E-state index contributed by atoms with van der Waals surface area (Å²) in [4.78, 5) is 11.3. The standard InChI is InChI=1S/C13H12N4O2/c1-17-6-8(7-4-2-3-5-9(7)17)11-10(13(18)19)12(14)16-15-11/h2-6H,1H3,(H,18,19)(H3,14,15,16). The molecule has 0 unspecified atom stereocenters. The Morgan fingerprint density at radius 1 is 1.42 bits per heavy atom. The molecule has 0 amide bonds. The highest BCUT2D eigenvalue weighted by Crippen LogP contribution is 2.32. The van der Waals surface area contributed by atoms with Crippen molar-refractivity contribution in [3.05, 3.63) is 36.0 Å². The molecular formula is C13H12N4O2. The van der Waals surface area contributed by atoms with Gasteiger partial charge in [-0.05, 0) is 6.07 Å². The van der Waals surface area contributed by atoms with Crippen LogP contribution in [0.4, 0.5) is 5.82 Å². The first-order valence-corrected chi connectivity index (χ1v) is 5.71. The number of aromatic carboxylic acids is 1. The SMILES string of the molecule is Cn1cc(-c2[nH]nc(N)c2C(=O)O)c2ccccc21. The van der Waals surface area contributed by atoms with Crippen LogP contribution in [0, 0.1) is 0 Å². The van der Waals surface area contributed by atoms with E-state index in [1.807, 2.05) is 42.1 Å². The number of rotatable bonds is 2. The van der Waals surface area contributed by atoms with Crippen molar-refractivity contribution in [1.82, 2.24) is 14.8 Å². The highest BCUT2D eigenvalue weighted by Gasteiger charge is 2.21. The fourth-order valence-corrected chi connectivity index (χ4v) is 2.31. The number of aromatic nitrogens is 3. The Bertz CT molecular complexity index is 785. The topological polar surface area (TPSA) is 96.9 Å². The summed E-state index contributed by atoms with van der Waals surface area (Å²) in [5.74, 6) is -1.09. The van der Waals surface area contributed by atoms with E-state index < -0.39 is 5.97 Å². The van der Waals surface area contributed by atoms with Gasteiger partial charge in [0.25, 0.3) is 0 Å². The van der Waals surface area contributed by atoms with E-state index in [1.165, 1.54) is 0 Å². The molecule has 3 aromatic rings. The van der Waals surface area contributed by atoms with Gasteiger partial charge in [-0.25, -0.2) is 4.79 Å². The molecule has 1 aromatic carbocycles. The van der Waals surface area contributed by atoms with Crippen molar-refractivity contribution in [2.24, 2.45) is 7.05 Å². The molecule has 6 heteroatoms. The number of nitrogen functional groups attached to an aromatic ring is 1. The zero-order valence-electron chi connectivity index (χ0n) is 10.2. The predicted molar refractivity (Wildman–Crippen MR) is 71.9 cm³/mol. The molecule has 0 spiro atoms. The largest absolute Gasteiger partial charge is 0.477 e. The van der Waals surface area contributed by atoms with Gasteiger partial charge in [0.15, 0.2) is 5.82 Å². The molecule has 0 atom stereocenters. The fourth-order valence-electron chi connectivity index (χ4n) is 2.31. The summed E-state index contributed by atoms with van der Waals surface area (Å²) in [6.45, 7) is 0. The van der Waals surface area contributed by atoms with Crippen LogP contribution in [-0.4, -0.2) is 25.8 Å². The first-order chi connectivity index (χ1) is 9.09. The average Bonchev–Trinajstić information content (AvgIpc) is 2.91. The minimum Gasteiger partial charge on any atom is -0.477 e. The highest BCUT2D eigenvalue weighted by atomic mass is 16.4. The number of H-pyrrole nitrogens is 1. The lowest BCUT2D eigenvalue weighted by molar-refractivity contribution is 0.0699. The average molecular weight is 256 g/mol. The van der Waals surface area contributed by atoms with Gasteiger partial charge < -0.3 is 15.4 Å². The molecule has 0 saturated carbocycles. The van der Waals surface area contributed by atoms with Crippen molar-refractivity contribution in [2.45, 2.75) is 0 Å². The number of aryl methyl sites for hydroxylation is 1. The minimum atomic E-state index is -1.09. The van der Waals surface area contributed by atoms with Crippen LogP contribution in [-0.2, 0) is 7.05 Å². The molecule has 0 radical (unpaired) electrons. The Morgan fingerprint density at radius 2 is 2.16 bits per heavy atom. The van der Waals surface area contributed by atoms with Gasteiger partial charge in [0.1, 0.15) is 5.56 Å². The highest BCUT2D eigenvalue weighted by molar-refractivity contribution is 6.04. The molecule has 0 aliphatic carbocycles. The second-order valence-corrected chi connectivity index (χ2v) is 4.33. The van der Waals surface area contributed by atoms with E-state index in [1.54, 1.807) is 0 Å². The normalized spacial score (nSPS) is 11.0. The number of fused-ring (bicyclic) bond motifs is 1. The summed E-state index contributed by atoms with van der Waals surface area (Å²) < 4.78 is 1.94. The molecule has 2 heterocycles. The lowest BCUT2D eigenvalue weighted by Gasteiger charge is -1.98. The molecule has 0 aliphatic heterocycles. The summed E-state index contributed by atoms with van der Waals surface area (Å²) in [5.41, 5.74) is 7.84. The second kappa shape index (κ2) is 3.88. The number of anilines is 1. The van der Waals surface area contributed by atoms with Crippen molar-refractivity contribution >= 4 is 22.7 Å². The molecule has 0 saturated heterocycles. The summed E-state index contributed by atoms with van der Waals surface area (Å²) in [6, 6.07) is 7.75. The van der Waals surface area contributed by atoms with E-state index in [9.17, 15) is 9.90 Å². The number of hydrogen-bond acceptors (Lipinski definition) is 3. The predicted octanol–water partition coefficient (Wildman–Crippen LogP) is 1.85. The van der Waals surface area contributed by atoms with Gasteiger partial charge in [0.05, 0.1) is 5.69 Å².